The third-order valence-electron chi connectivity index (χ3n) is 5.26. The monoisotopic (exact) mass is 563 g/mol. The fraction of sp³-hybridized carbons (Fsp3) is 0.400. The van der Waals surface area contributed by atoms with Crippen LogP contribution in [0.4, 0.5) is 0 Å². The van der Waals surface area contributed by atoms with Crippen LogP contribution in [0.5, 0.6) is 5.75 Å². The first-order valence-electron chi connectivity index (χ1n) is 11.6. The van der Waals surface area contributed by atoms with Gasteiger partial charge in [-0.05, 0) is 24.3 Å². The fourth-order valence-electron chi connectivity index (χ4n) is 3.50. The van der Waals surface area contributed by atoms with E-state index >= 15 is 0 Å². The second-order valence-electron chi connectivity index (χ2n) is 8.77. The van der Waals surface area contributed by atoms with E-state index in [1.807, 2.05) is 6.07 Å². The van der Waals surface area contributed by atoms with E-state index in [-0.39, 0.29) is 103 Å². The molecule has 0 aliphatic carbocycles. The van der Waals surface area contributed by atoms with Gasteiger partial charge in [-0.2, -0.15) is 0 Å². The molecule has 2 N–H and O–H groups in total. The molecule has 0 radical (unpaired) electrons. The van der Waals surface area contributed by atoms with Gasteiger partial charge in [-0.15, -0.1) is 0 Å². The van der Waals surface area contributed by atoms with Crippen molar-refractivity contribution in [2.24, 2.45) is 5.92 Å². The first-order chi connectivity index (χ1) is 17.0. The van der Waals surface area contributed by atoms with E-state index in [0.717, 1.165) is 5.56 Å². The fourth-order valence-corrected chi connectivity index (χ4v) is 4.75. The summed E-state index contributed by atoms with van der Waals surface area (Å²) in [6.45, 7) is 3.38. The number of para-hydroxylation sites is 1. The number of hydrogen-bond donors (Lipinski definition) is 2. The molecular weight excluding hydrogens is 532 g/mol. The van der Waals surface area contributed by atoms with Gasteiger partial charge in [0.05, 0.1) is 24.3 Å². The summed E-state index contributed by atoms with van der Waals surface area (Å²) in [5, 5.41) is 25.6. The van der Waals surface area contributed by atoms with Gasteiger partial charge in [0.1, 0.15) is 0 Å². The molecule has 0 aliphatic heterocycles. The maximum atomic E-state index is 12.9. The molecule has 0 fully saturated rings. The summed E-state index contributed by atoms with van der Waals surface area (Å²) in [6.07, 6.45) is 0.124. The molecular formula is C25H31N3Na2O7S. The van der Waals surface area contributed by atoms with Crippen LogP contribution in [0.3, 0.4) is 0 Å². The van der Waals surface area contributed by atoms with Crippen molar-refractivity contribution in [2.45, 2.75) is 39.3 Å². The van der Waals surface area contributed by atoms with Crippen molar-refractivity contribution in [3.05, 3.63) is 65.7 Å². The Morgan fingerprint density at radius 3 is 2.16 bits per heavy atom. The van der Waals surface area contributed by atoms with Crippen molar-refractivity contribution in [1.82, 2.24) is 14.9 Å². The largest absolute Gasteiger partial charge is 1.00 e. The van der Waals surface area contributed by atoms with Crippen LogP contribution >= 0.6 is 0 Å². The average molecular weight is 564 g/mol. The SMILES string of the molecule is CC(C)CC(NS(=O)(=O)CCCN(Cc1ccccc1)C(=O)CNC(=O)c1ccccc1[O-])C(=O)[O-].[Na+].[Na+]. The first-order valence-corrected chi connectivity index (χ1v) is 13.2. The molecule has 0 spiro atoms. The number of nitrogens with zero attached hydrogens (tertiary/aromatic N) is 1. The molecule has 2 amide bonds. The van der Waals surface area contributed by atoms with Crippen molar-refractivity contribution in [1.29, 1.82) is 0 Å². The normalized spacial score (nSPS) is 11.6. The molecule has 0 aromatic heterocycles. The number of amides is 2. The summed E-state index contributed by atoms with van der Waals surface area (Å²) in [6, 6.07) is 13.4. The van der Waals surface area contributed by atoms with Crippen LogP contribution in [-0.2, 0) is 26.2 Å². The van der Waals surface area contributed by atoms with E-state index in [9.17, 15) is 33.0 Å². The predicted octanol–water partition coefficient (Wildman–Crippen LogP) is -6.00. The molecule has 2 rings (SSSR count). The summed E-state index contributed by atoms with van der Waals surface area (Å²) >= 11 is 0. The van der Waals surface area contributed by atoms with Crippen molar-refractivity contribution in [2.75, 3.05) is 18.8 Å². The number of carbonyl (C=O) groups is 3. The Kier molecular flexibility index (Phi) is 17.3. The minimum absolute atomic E-state index is 0. The van der Waals surface area contributed by atoms with Gasteiger partial charge >= 0.3 is 59.1 Å². The van der Waals surface area contributed by atoms with Gasteiger partial charge in [0.2, 0.25) is 15.9 Å². The Balaban J connectivity index is 0.00000684. The number of carbonyl (C=O) groups excluding carboxylic acids is 3. The molecule has 10 nitrogen and oxygen atoms in total. The van der Waals surface area contributed by atoms with Crippen LogP contribution in [0, 0.1) is 5.92 Å². The standard InChI is InChI=1S/C25H33N3O7S.2Na/c1-18(2)15-21(25(32)33)27-36(34,35)14-8-13-28(17-19-9-4-3-5-10-19)23(30)16-26-24(31)20-11-6-7-12-22(20)29;;/h3-7,9-12,18,21,27,29H,8,13-17H2,1-2H3,(H,26,31)(H,32,33);;/q;2*+1/p-2. The zero-order valence-electron chi connectivity index (χ0n) is 22.3. The van der Waals surface area contributed by atoms with Gasteiger partial charge in [0.15, 0.2) is 0 Å². The molecule has 0 aliphatic rings. The summed E-state index contributed by atoms with van der Waals surface area (Å²) in [5.74, 6) is -3.56. The van der Waals surface area contributed by atoms with Crippen molar-refractivity contribution in [3.8, 4) is 5.75 Å². The molecule has 2 aromatic carbocycles. The molecule has 0 saturated carbocycles. The van der Waals surface area contributed by atoms with Crippen LogP contribution in [0.1, 0.15) is 42.6 Å². The molecule has 38 heavy (non-hydrogen) atoms. The molecule has 196 valence electrons. The summed E-state index contributed by atoms with van der Waals surface area (Å²) in [5.41, 5.74) is 0.720. The van der Waals surface area contributed by atoms with Crippen molar-refractivity contribution in [3.63, 3.8) is 0 Å². The molecule has 0 heterocycles. The Bertz CT molecular complexity index is 1150. The van der Waals surface area contributed by atoms with E-state index in [1.165, 1.54) is 23.1 Å². The third kappa shape index (κ3) is 13.1. The van der Waals surface area contributed by atoms with E-state index < -0.39 is 45.4 Å². The second-order valence-corrected chi connectivity index (χ2v) is 10.6. The second kappa shape index (κ2) is 18.0. The number of carboxylic acid groups (broad SMARTS) is 1. The maximum Gasteiger partial charge on any atom is 1.00 e. The van der Waals surface area contributed by atoms with Crippen LogP contribution in [-0.4, -0.2) is 56.0 Å². The van der Waals surface area contributed by atoms with Gasteiger partial charge in [-0.3, -0.25) is 9.59 Å². The van der Waals surface area contributed by atoms with E-state index in [2.05, 4.69) is 10.0 Å². The molecule has 1 unspecified atom stereocenters. The minimum atomic E-state index is -3.95. The maximum absolute atomic E-state index is 12.9. The Morgan fingerprint density at radius 1 is 0.974 bits per heavy atom. The summed E-state index contributed by atoms with van der Waals surface area (Å²) < 4.78 is 27.1. The molecule has 2 aromatic rings. The number of sulfonamides is 1. The Labute approximate surface area is 268 Å². The summed E-state index contributed by atoms with van der Waals surface area (Å²) in [4.78, 5) is 37.9. The number of benzene rings is 2. The Morgan fingerprint density at radius 2 is 1.58 bits per heavy atom. The van der Waals surface area contributed by atoms with E-state index in [1.54, 1.807) is 44.2 Å². The van der Waals surface area contributed by atoms with E-state index in [0.29, 0.717) is 0 Å². The van der Waals surface area contributed by atoms with Crippen molar-refractivity contribution < 1.29 is 92.1 Å². The van der Waals surface area contributed by atoms with Gasteiger partial charge < -0.3 is 25.2 Å². The number of carboxylic acids is 1. The van der Waals surface area contributed by atoms with Gasteiger partial charge in [0.25, 0.3) is 5.91 Å². The van der Waals surface area contributed by atoms with Gasteiger partial charge in [-0.25, -0.2) is 13.1 Å². The average Bonchev–Trinajstić information content (AvgIpc) is 2.81. The zero-order valence-corrected chi connectivity index (χ0v) is 27.1. The number of aliphatic carboxylic acids is 1. The number of rotatable bonds is 14. The Hall–Kier alpha value is -1.44. The molecule has 13 heteroatoms. The zero-order chi connectivity index (χ0) is 26.7. The molecule has 0 bridgehead atoms. The van der Waals surface area contributed by atoms with Crippen LogP contribution in [0.25, 0.3) is 0 Å². The van der Waals surface area contributed by atoms with E-state index in [4.69, 9.17) is 0 Å². The smallest absolute Gasteiger partial charge is 0.872 e. The van der Waals surface area contributed by atoms with Crippen LogP contribution < -0.4 is 79.4 Å². The van der Waals surface area contributed by atoms with Crippen LogP contribution in [0.15, 0.2) is 54.6 Å². The van der Waals surface area contributed by atoms with Gasteiger partial charge in [0, 0.05) is 18.7 Å². The molecule has 0 saturated heterocycles. The number of hydrogen-bond acceptors (Lipinski definition) is 7. The number of nitrogens with one attached hydrogen (secondary N) is 2. The first kappa shape index (κ1) is 36.6. The quantitative estimate of drug-likeness (QED) is 0.217. The topological polar surface area (TPSA) is 159 Å². The van der Waals surface area contributed by atoms with Crippen molar-refractivity contribution >= 4 is 27.8 Å². The van der Waals surface area contributed by atoms with Gasteiger partial charge in [-0.1, -0.05) is 74.2 Å². The minimum Gasteiger partial charge on any atom is -0.872 e. The molecule has 1 atom stereocenters. The third-order valence-corrected chi connectivity index (χ3v) is 6.73. The van der Waals surface area contributed by atoms with Crippen LogP contribution in [0.2, 0.25) is 0 Å². The predicted molar refractivity (Wildman–Crippen MR) is 130 cm³/mol. The summed E-state index contributed by atoms with van der Waals surface area (Å²) in [7, 11) is -3.95.